The number of anilines is 1. The molecular formula is C22H30N2O4S. The second kappa shape index (κ2) is 9.78. The molecule has 0 bridgehead atoms. The van der Waals surface area contributed by atoms with Crippen molar-refractivity contribution in [2.75, 3.05) is 17.7 Å². The first-order chi connectivity index (χ1) is 13.6. The van der Waals surface area contributed by atoms with E-state index in [1.165, 1.54) is 0 Å². The number of carbonyl (C=O) groups is 1. The maximum Gasteiger partial charge on any atom is 0.244 e. The highest BCUT2D eigenvalue weighted by Crippen LogP contribution is 2.25. The number of sulfonamides is 1. The van der Waals surface area contributed by atoms with Gasteiger partial charge >= 0.3 is 0 Å². The van der Waals surface area contributed by atoms with Gasteiger partial charge in [-0.2, -0.15) is 0 Å². The monoisotopic (exact) mass is 418 g/mol. The number of benzene rings is 2. The average Bonchev–Trinajstić information content (AvgIpc) is 2.67. The van der Waals surface area contributed by atoms with Gasteiger partial charge in [0, 0.05) is 0 Å². The smallest absolute Gasteiger partial charge is 0.244 e. The lowest BCUT2D eigenvalue weighted by atomic mass is 9.96. The predicted octanol–water partition coefficient (Wildman–Crippen LogP) is 3.75. The molecule has 2 aromatic rings. The molecule has 0 fully saturated rings. The lowest BCUT2D eigenvalue weighted by Crippen LogP contribution is -2.48. The van der Waals surface area contributed by atoms with E-state index in [1.54, 1.807) is 44.4 Å². The Hall–Kier alpha value is -2.54. The summed E-state index contributed by atoms with van der Waals surface area (Å²) < 4.78 is 31.2. The van der Waals surface area contributed by atoms with Gasteiger partial charge in [0.2, 0.25) is 15.9 Å². The van der Waals surface area contributed by atoms with Gasteiger partial charge in [-0.1, -0.05) is 44.2 Å². The van der Waals surface area contributed by atoms with Gasteiger partial charge in [0.05, 0.1) is 25.1 Å². The zero-order chi connectivity index (χ0) is 21.6. The highest BCUT2D eigenvalue weighted by Gasteiger charge is 2.30. The Balaban J connectivity index is 2.28. The number of carbonyl (C=O) groups excluding carboxylic acids is 1. The third kappa shape index (κ3) is 6.22. The fourth-order valence-corrected chi connectivity index (χ4v) is 4.44. The fraction of sp³-hybridized carbons (Fsp3) is 0.409. The SMILES string of the molecule is COc1ccc(C(CC(C)C)NC(=O)C(C)N(c2ccccc2)S(C)(=O)=O)cc1. The molecule has 2 unspecified atom stereocenters. The summed E-state index contributed by atoms with van der Waals surface area (Å²) in [5.41, 5.74) is 1.41. The number of methoxy groups -OCH3 is 1. The Morgan fingerprint density at radius 3 is 2.10 bits per heavy atom. The van der Waals surface area contributed by atoms with Crippen molar-refractivity contribution in [3.63, 3.8) is 0 Å². The number of hydrogen-bond acceptors (Lipinski definition) is 4. The summed E-state index contributed by atoms with van der Waals surface area (Å²) in [6, 6.07) is 15.1. The van der Waals surface area contributed by atoms with E-state index in [2.05, 4.69) is 19.2 Å². The van der Waals surface area contributed by atoms with Crippen LogP contribution in [0.1, 0.15) is 38.8 Å². The van der Waals surface area contributed by atoms with E-state index in [-0.39, 0.29) is 11.9 Å². The van der Waals surface area contributed by atoms with Crippen LogP contribution >= 0.6 is 0 Å². The molecule has 0 heterocycles. The van der Waals surface area contributed by atoms with Crippen LogP contribution in [0.25, 0.3) is 0 Å². The standard InChI is InChI=1S/C22H30N2O4S/c1-16(2)15-21(18-11-13-20(28-4)14-12-18)23-22(25)17(3)24(29(5,26)27)19-9-7-6-8-10-19/h6-14,16-17,21H,15H2,1-5H3,(H,23,25). The molecule has 0 saturated heterocycles. The van der Waals surface area contributed by atoms with Gasteiger partial charge < -0.3 is 10.1 Å². The molecule has 0 aliphatic rings. The molecule has 0 aliphatic carbocycles. The Morgan fingerprint density at radius 2 is 1.62 bits per heavy atom. The van der Waals surface area contributed by atoms with Crippen LogP contribution in [-0.4, -0.2) is 33.7 Å². The highest BCUT2D eigenvalue weighted by atomic mass is 32.2. The van der Waals surface area contributed by atoms with Crippen LogP contribution in [0.5, 0.6) is 5.75 Å². The number of rotatable bonds is 9. The van der Waals surface area contributed by atoms with Crippen molar-refractivity contribution in [2.45, 2.75) is 39.3 Å². The van der Waals surface area contributed by atoms with Gasteiger partial charge in [0.25, 0.3) is 0 Å². The average molecular weight is 419 g/mol. The van der Waals surface area contributed by atoms with E-state index in [1.807, 2.05) is 24.3 Å². The number of amides is 1. The predicted molar refractivity (Wildman–Crippen MR) is 117 cm³/mol. The van der Waals surface area contributed by atoms with Crippen molar-refractivity contribution in [1.82, 2.24) is 5.32 Å². The summed E-state index contributed by atoms with van der Waals surface area (Å²) in [6.07, 6.45) is 1.84. The van der Waals surface area contributed by atoms with Gasteiger partial charge in [-0.3, -0.25) is 9.10 Å². The van der Waals surface area contributed by atoms with Crippen LogP contribution in [0.2, 0.25) is 0 Å². The third-order valence-corrected chi connectivity index (χ3v) is 5.88. The van der Waals surface area contributed by atoms with Gasteiger partial charge in [-0.25, -0.2) is 8.42 Å². The minimum absolute atomic E-state index is 0.229. The zero-order valence-electron chi connectivity index (χ0n) is 17.6. The second-order valence-electron chi connectivity index (χ2n) is 7.53. The number of para-hydroxylation sites is 1. The van der Waals surface area contributed by atoms with E-state index in [0.717, 1.165) is 28.3 Å². The Labute approximate surface area is 173 Å². The van der Waals surface area contributed by atoms with Crippen LogP contribution in [0.15, 0.2) is 54.6 Å². The summed E-state index contributed by atoms with van der Waals surface area (Å²) in [4.78, 5) is 13.1. The molecule has 0 saturated carbocycles. The molecule has 2 atom stereocenters. The van der Waals surface area contributed by atoms with Crippen LogP contribution in [-0.2, 0) is 14.8 Å². The number of hydrogen-bond donors (Lipinski definition) is 1. The van der Waals surface area contributed by atoms with Crippen molar-refractivity contribution >= 4 is 21.6 Å². The Kier molecular flexibility index (Phi) is 7.67. The van der Waals surface area contributed by atoms with E-state index in [9.17, 15) is 13.2 Å². The quantitative estimate of drug-likeness (QED) is 0.673. The lowest BCUT2D eigenvalue weighted by molar-refractivity contribution is -0.122. The highest BCUT2D eigenvalue weighted by molar-refractivity contribution is 7.92. The van der Waals surface area contributed by atoms with E-state index >= 15 is 0 Å². The molecule has 0 aliphatic heterocycles. The topological polar surface area (TPSA) is 75.7 Å². The minimum Gasteiger partial charge on any atom is -0.497 e. The van der Waals surface area contributed by atoms with Crippen LogP contribution in [0.3, 0.4) is 0 Å². The first-order valence-corrected chi connectivity index (χ1v) is 11.5. The van der Waals surface area contributed by atoms with E-state index in [0.29, 0.717) is 11.6 Å². The van der Waals surface area contributed by atoms with Crippen LogP contribution in [0.4, 0.5) is 5.69 Å². The molecule has 0 spiro atoms. The number of ether oxygens (including phenoxy) is 1. The molecule has 0 radical (unpaired) electrons. The van der Waals surface area contributed by atoms with Crippen molar-refractivity contribution in [2.24, 2.45) is 5.92 Å². The summed E-state index contributed by atoms with van der Waals surface area (Å²) in [6.45, 7) is 5.77. The van der Waals surface area contributed by atoms with Gasteiger partial charge in [-0.05, 0) is 49.1 Å². The Morgan fingerprint density at radius 1 is 1.03 bits per heavy atom. The molecule has 0 aromatic heterocycles. The van der Waals surface area contributed by atoms with Crippen molar-refractivity contribution < 1.29 is 17.9 Å². The lowest BCUT2D eigenvalue weighted by Gasteiger charge is -2.30. The first kappa shape index (κ1) is 22.7. The molecule has 2 rings (SSSR count). The molecular weight excluding hydrogens is 388 g/mol. The third-order valence-electron chi connectivity index (χ3n) is 4.64. The number of nitrogens with one attached hydrogen (secondary N) is 1. The molecule has 1 N–H and O–H groups in total. The van der Waals surface area contributed by atoms with Crippen LogP contribution < -0.4 is 14.4 Å². The maximum atomic E-state index is 13.1. The molecule has 29 heavy (non-hydrogen) atoms. The molecule has 1 amide bonds. The van der Waals surface area contributed by atoms with Crippen LogP contribution in [0, 0.1) is 5.92 Å². The van der Waals surface area contributed by atoms with Crippen molar-refractivity contribution in [3.05, 3.63) is 60.2 Å². The normalized spacial score (nSPS) is 13.6. The van der Waals surface area contributed by atoms with E-state index < -0.39 is 16.1 Å². The van der Waals surface area contributed by atoms with Gasteiger partial charge in [0.1, 0.15) is 11.8 Å². The summed E-state index contributed by atoms with van der Waals surface area (Å²) in [7, 11) is -2.03. The number of nitrogens with zero attached hydrogens (tertiary/aromatic N) is 1. The summed E-state index contributed by atoms with van der Waals surface area (Å²) in [5.74, 6) is 0.739. The van der Waals surface area contributed by atoms with Gasteiger partial charge in [0.15, 0.2) is 0 Å². The fourth-order valence-electron chi connectivity index (χ4n) is 3.26. The largest absolute Gasteiger partial charge is 0.497 e. The molecule has 7 heteroatoms. The Bertz CT molecular complexity index is 896. The molecule has 158 valence electrons. The maximum absolute atomic E-state index is 13.1. The zero-order valence-corrected chi connectivity index (χ0v) is 18.4. The first-order valence-electron chi connectivity index (χ1n) is 9.62. The molecule has 2 aromatic carbocycles. The molecule has 6 nitrogen and oxygen atoms in total. The second-order valence-corrected chi connectivity index (χ2v) is 9.39. The van der Waals surface area contributed by atoms with E-state index in [4.69, 9.17) is 4.74 Å². The summed E-state index contributed by atoms with van der Waals surface area (Å²) in [5, 5.41) is 3.04. The van der Waals surface area contributed by atoms with Gasteiger partial charge in [-0.15, -0.1) is 0 Å². The van der Waals surface area contributed by atoms with Crippen molar-refractivity contribution in [3.8, 4) is 5.75 Å². The van der Waals surface area contributed by atoms with Crippen molar-refractivity contribution in [1.29, 1.82) is 0 Å². The summed E-state index contributed by atoms with van der Waals surface area (Å²) >= 11 is 0. The minimum atomic E-state index is -3.64.